The number of hydrogen-bond acceptors (Lipinski definition) is 5. The van der Waals surface area contributed by atoms with E-state index in [1.54, 1.807) is 13.1 Å². The van der Waals surface area contributed by atoms with Gasteiger partial charge in [0, 0.05) is 19.3 Å². The fourth-order valence-corrected chi connectivity index (χ4v) is 4.83. The lowest BCUT2D eigenvalue weighted by Crippen LogP contribution is -2.47. The van der Waals surface area contributed by atoms with Gasteiger partial charge in [-0.3, -0.25) is 4.79 Å². The smallest absolute Gasteiger partial charge is 0.272 e. The summed E-state index contributed by atoms with van der Waals surface area (Å²) in [6.45, 7) is 3.46. The predicted molar refractivity (Wildman–Crippen MR) is 74.5 cm³/mol. The van der Waals surface area contributed by atoms with Crippen LogP contribution in [0.1, 0.15) is 30.3 Å². The Labute approximate surface area is 117 Å². The first-order valence-electron chi connectivity index (χ1n) is 6.71. The number of sulfone groups is 1. The zero-order chi connectivity index (χ0) is 14.4. The van der Waals surface area contributed by atoms with Gasteiger partial charge in [0.15, 0.2) is 9.84 Å². The van der Waals surface area contributed by atoms with Gasteiger partial charge in [-0.1, -0.05) is 0 Å². The summed E-state index contributed by atoms with van der Waals surface area (Å²) in [5.41, 5.74) is -0.354. The summed E-state index contributed by atoms with van der Waals surface area (Å²) in [7, 11) is -3.04. The first-order valence-corrected chi connectivity index (χ1v) is 8.53. The Balaban J connectivity index is 1.75. The van der Waals surface area contributed by atoms with Crippen molar-refractivity contribution in [2.24, 2.45) is 0 Å². The lowest BCUT2D eigenvalue weighted by atomic mass is 10.0. The second-order valence-electron chi connectivity index (χ2n) is 5.78. The maximum Gasteiger partial charge on any atom is 0.272 e. The Morgan fingerprint density at radius 2 is 2.35 bits per heavy atom. The number of amides is 1. The van der Waals surface area contributed by atoms with Crippen molar-refractivity contribution in [1.29, 1.82) is 0 Å². The fraction of sp³-hybridized carbons (Fsp3) is 0.667. The molecule has 0 spiro atoms. The summed E-state index contributed by atoms with van der Waals surface area (Å²) in [5.74, 6) is 0.515. The number of anilines is 1. The second kappa shape index (κ2) is 4.47. The van der Waals surface area contributed by atoms with E-state index >= 15 is 0 Å². The van der Waals surface area contributed by atoms with Crippen molar-refractivity contribution in [2.75, 3.05) is 23.4 Å². The molecule has 2 aliphatic heterocycles. The molecule has 20 heavy (non-hydrogen) atoms. The fourth-order valence-electron chi connectivity index (χ4n) is 2.73. The third kappa shape index (κ3) is 2.52. The van der Waals surface area contributed by atoms with Crippen molar-refractivity contribution in [3.8, 4) is 0 Å². The van der Waals surface area contributed by atoms with E-state index < -0.39 is 15.4 Å². The van der Waals surface area contributed by atoms with Crippen molar-refractivity contribution in [3.05, 3.63) is 11.9 Å². The van der Waals surface area contributed by atoms with E-state index in [0.29, 0.717) is 18.1 Å². The highest BCUT2D eigenvalue weighted by Gasteiger charge is 2.40. The number of carbonyl (C=O) groups excluding carboxylic acids is 1. The van der Waals surface area contributed by atoms with Gasteiger partial charge < -0.3 is 15.2 Å². The number of imidazole rings is 1. The van der Waals surface area contributed by atoms with Crippen LogP contribution in [0.15, 0.2) is 6.20 Å². The average molecular weight is 298 g/mol. The average Bonchev–Trinajstić information content (AvgIpc) is 2.90. The lowest BCUT2D eigenvalue weighted by Gasteiger charge is -2.23. The molecule has 1 aromatic rings. The summed E-state index contributed by atoms with van der Waals surface area (Å²) in [6, 6.07) is 0. The molecule has 1 saturated heterocycles. The Kier molecular flexibility index (Phi) is 3.00. The van der Waals surface area contributed by atoms with E-state index in [1.165, 1.54) is 0 Å². The van der Waals surface area contributed by atoms with Gasteiger partial charge in [-0.25, -0.2) is 13.4 Å². The Hall–Kier alpha value is -1.57. The SMILES string of the molecule is CC1(NC(=O)c2cn3c(n2)NCCC3)CCS(=O)(=O)C1. The first-order chi connectivity index (χ1) is 9.37. The zero-order valence-corrected chi connectivity index (χ0v) is 12.2. The van der Waals surface area contributed by atoms with Gasteiger partial charge in [-0.15, -0.1) is 0 Å². The van der Waals surface area contributed by atoms with Crippen LogP contribution in [-0.2, 0) is 16.4 Å². The highest BCUT2D eigenvalue weighted by Crippen LogP contribution is 2.23. The molecule has 0 aromatic carbocycles. The van der Waals surface area contributed by atoms with E-state index in [2.05, 4.69) is 15.6 Å². The quantitative estimate of drug-likeness (QED) is 0.802. The summed E-state index contributed by atoms with van der Waals surface area (Å²) in [5, 5.41) is 5.94. The highest BCUT2D eigenvalue weighted by molar-refractivity contribution is 7.91. The molecular weight excluding hydrogens is 280 g/mol. The maximum absolute atomic E-state index is 12.2. The Morgan fingerprint density at radius 3 is 3.00 bits per heavy atom. The van der Waals surface area contributed by atoms with E-state index in [1.807, 2.05) is 4.57 Å². The van der Waals surface area contributed by atoms with Crippen LogP contribution in [0, 0.1) is 0 Å². The molecule has 0 bridgehead atoms. The van der Waals surface area contributed by atoms with Gasteiger partial charge >= 0.3 is 0 Å². The van der Waals surface area contributed by atoms with Crippen LogP contribution in [0.3, 0.4) is 0 Å². The van der Waals surface area contributed by atoms with E-state index in [4.69, 9.17) is 0 Å². The highest BCUT2D eigenvalue weighted by atomic mass is 32.2. The van der Waals surface area contributed by atoms with Crippen LogP contribution >= 0.6 is 0 Å². The number of hydrogen-bond donors (Lipinski definition) is 2. The predicted octanol–water partition coefficient (Wildman–Crippen LogP) is 0.00570. The number of aryl methyl sites for hydroxylation is 1. The molecule has 110 valence electrons. The lowest BCUT2D eigenvalue weighted by molar-refractivity contribution is 0.0910. The number of fused-ring (bicyclic) bond motifs is 1. The van der Waals surface area contributed by atoms with Gasteiger partial charge in [0.2, 0.25) is 5.95 Å². The molecule has 2 N–H and O–H groups in total. The van der Waals surface area contributed by atoms with Gasteiger partial charge in [0.25, 0.3) is 5.91 Å². The van der Waals surface area contributed by atoms with Gasteiger partial charge in [-0.05, 0) is 19.8 Å². The molecule has 0 radical (unpaired) electrons. The van der Waals surface area contributed by atoms with Crippen molar-refractivity contribution in [2.45, 2.75) is 31.8 Å². The maximum atomic E-state index is 12.2. The van der Waals surface area contributed by atoms with Crippen LogP contribution in [0.25, 0.3) is 0 Å². The normalized spacial score (nSPS) is 27.6. The van der Waals surface area contributed by atoms with E-state index in [0.717, 1.165) is 19.5 Å². The molecule has 8 heteroatoms. The number of nitrogens with zero attached hydrogens (tertiary/aromatic N) is 2. The summed E-state index contributed by atoms with van der Waals surface area (Å²) in [6.07, 6.45) is 3.16. The molecule has 0 aliphatic carbocycles. The van der Waals surface area contributed by atoms with Crippen LogP contribution in [0.2, 0.25) is 0 Å². The summed E-state index contributed by atoms with van der Waals surface area (Å²) in [4.78, 5) is 16.5. The molecule has 1 fully saturated rings. The first kappa shape index (κ1) is 13.4. The number of nitrogens with one attached hydrogen (secondary N) is 2. The van der Waals surface area contributed by atoms with Gasteiger partial charge in [0.05, 0.1) is 17.0 Å². The monoisotopic (exact) mass is 298 g/mol. The molecule has 2 aliphatic rings. The van der Waals surface area contributed by atoms with Crippen molar-refractivity contribution in [1.82, 2.24) is 14.9 Å². The minimum atomic E-state index is -3.04. The van der Waals surface area contributed by atoms with Gasteiger partial charge in [-0.2, -0.15) is 0 Å². The molecule has 3 rings (SSSR count). The van der Waals surface area contributed by atoms with Gasteiger partial charge in [0.1, 0.15) is 5.69 Å². The number of carbonyl (C=O) groups is 1. The van der Waals surface area contributed by atoms with Crippen molar-refractivity contribution < 1.29 is 13.2 Å². The summed E-state index contributed by atoms with van der Waals surface area (Å²) < 4.78 is 25.0. The van der Waals surface area contributed by atoms with E-state index in [9.17, 15) is 13.2 Å². The number of aromatic nitrogens is 2. The molecule has 0 saturated carbocycles. The van der Waals surface area contributed by atoms with Crippen molar-refractivity contribution in [3.63, 3.8) is 0 Å². The number of rotatable bonds is 2. The molecule has 1 unspecified atom stereocenters. The molecule has 3 heterocycles. The van der Waals surface area contributed by atoms with Crippen LogP contribution in [0.5, 0.6) is 0 Å². The summed E-state index contributed by atoms with van der Waals surface area (Å²) >= 11 is 0. The molecule has 1 atom stereocenters. The Morgan fingerprint density at radius 1 is 1.55 bits per heavy atom. The zero-order valence-electron chi connectivity index (χ0n) is 11.3. The van der Waals surface area contributed by atoms with Crippen molar-refractivity contribution >= 4 is 21.7 Å². The largest absolute Gasteiger partial charge is 0.356 e. The molecule has 1 aromatic heterocycles. The van der Waals surface area contributed by atoms with Crippen LogP contribution in [-0.4, -0.2) is 47.5 Å². The molecule has 1 amide bonds. The minimum Gasteiger partial charge on any atom is -0.356 e. The second-order valence-corrected chi connectivity index (χ2v) is 7.96. The molecule has 7 nitrogen and oxygen atoms in total. The third-order valence-electron chi connectivity index (χ3n) is 3.79. The topological polar surface area (TPSA) is 93.1 Å². The van der Waals surface area contributed by atoms with Crippen LogP contribution in [0.4, 0.5) is 5.95 Å². The Bertz CT molecular complexity index is 628. The third-order valence-corrected chi connectivity index (χ3v) is 5.69. The standard InChI is InChI=1S/C12H18N4O3S/c1-12(3-6-20(18,19)8-12)15-10(17)9-7-16-5-2-4-13-11(16)14-9/h7H,2-6,8H2,1H3,(H,13,14)(H,15,17). The molecular formula is C12H18N4O3S. The van der Waals surface area contributed by atoms with Crippen LogP contribution < -0.4 is 10.6 Å². The minimum absolute atomic E-state index is 0.00242. The van der Waals surface area contributed by atoms with E-state index in [-0.39, 0.29) is 17.4 Å².